The lowest BCUT2D eigenvalue weighted by atomic mass is 9.97. The van der Waals surface area contributed by atoms with Crippen molar-refractivity contribution in [3.63, 3.8) is 0 Å². The van der Waals surface area contributed by atoms with Crippen molar-refractivity contribution in [2.45, 2.75) is 19.4 Å². The number of hydrogen-bond acceptors (Lipinski definition) is 3. The Balaban J connectivity index is 3.17. The highest BCUT2D eigenvalue weighted by atomic mass is 19.1. The molecule has 0 aliphatic carbocycles. The molecule has 0 bridgehead atoms. The maximum Gasteiger partial charge on any atom is 0.213 e. The number of ketones is 1. The second kappa shape index (κ2) is 4.02. The minimum atomic E-state index is -1.19. The molecule has 0 N–H and O–H groups in total. The Morgan fingerprint density at radius 3 is 2.60 bits per heavy atom. The molecule has 0 saturated carbocycles. The van der Waals surface area contributed by atoms with E-state index in [1.807, 2.05) is 0 Å². The van der Waals surface area contributed by atoms with Gasteiger partial charge < -0.3 is 4.74 Å². The van der Waals surface area contributed by atoms with E-state index in [4.69, 9.17) is 4.74 Å². The van der Waals surface area contributed by atoms with Crippen molar-refractivity contribution in [2.24, 2.45) is 0 Å². The second-order valence-electron chi connectivity index (χ2n) is 3.53. The van der Waals surface area contributed by atoms with Crippen LogP contribution < -0.4 is 0 Å². The van der Waals surface area contributed by atoms with Crippen LogP contribution in [0.4, 0.5) is 8.78 Å². The van der Waals surface area contributed by atoms with E-state index in [2.05, 4.69) is 4.98 Å². The summed E-state index contributed by atoms with van der Waals surface area (Å²) in [5, 5.41) is 0. The molecule has 15 heavy (non-hydrogen) atoms. The zero-order valence-corrected chi connectivity index (χ0v) is 8.67. The van der Waals surface area contributed by atoms with Crippen molar-refractivity contribution < 1.29 is 18.3 Å². The quantitative estimate of drug-likeness (QED) is 0.571. The van der Waals surface area contributed by atoms with Crippen LogP contribution in [0.5, 0.6) is 0 Å². The van der Waals surface area contributed by atoms with E-state index < -0.39 is 23.1 Å². The number of carbonyl (C=O) groups excluding carboxylic acids is 1. The first-order valence-corrected chi connectivity index (χ1v) is 4.29. The molecule has 0 aliphatic rings. The van der Waals surface area contributed by atoms with E-state index in [9.17, 15) is 13.6 Å². The minimum Gasteiger partial charge on any atom is -0.371 e. The number of Topliss-reactive ketones (excluding diaryl/α,β-unsaturated/α-hetero) is 1. The van der Waals surface area contributed by atoms with E-state index in [0.717, 1.165) is 6.07 Å². The van der Waals surface area contributed by atoms with Gasteiger partial charge >= 0.3 is 0 Å². The Labute approximate surface area is 86.1 Å². The van der Waals surface area contributed by atoms with Gasteiger partial charge in [-0.3, -0.25) is 4.79 Å². The Hall–Kier alpha value is -1.36. The molecule has 0 atom stereocenters. The summed E-state index contributed by atoms with van der Waals surface area (Å²) in [7, 11) is 1.33. The third-order valence-corrected chi connectivity index (χ3v) is 2.12. The normalized spacial score (nSPS) is 11.5. The van der Waals surface area contributed by atoms with Gasteiger partial charge in [-0.05, 0) is 13.8 Å². The van der Waals surface area contributed by atoms with Crippen molar-refractivity contribution in [2.75, 3.05) is 7.11 Å². The molecule has 0 radical (unpaired) electrons. The molecule has 0 fully saturated rings. The maximum absolute atomic E-state index is 13.2. The first kappa shape index (κ1) is 11.7. The van der Waals surface area contributed by atoms with Gasteiger partial charge in [-0.15, -0.1) is 0 Å². The summed E-state index contributed by atoms with van der Waals surface area (Å²) in [6.45, 7) is 2.96. The molecule has 0 spiro atoms. The Morgan fingerprint density at radius 1 is 1.47 bits per heavy atom. The standard InChI is InChI=1S/C10H11F2NO2/c1-10(2,15-3)9(14)6-4-8(12)13-5-7(6)11/h4-5H,1-3H3. The molecule has 0 unspecified atom stereocenters. The van der Waals surface area contributed by atoms with Crippen LogP contribution in [0.2, 0.25) is 0 Å². The third-order valence-electron chi connectivity index (χ3n) is 2.12. The number of hydrogen-bond donors (Lipinski definition) is 0. The number of methoxy groups -OCH3 is 1. The summed E-state index contributed by atoms with van der Waals surface area (Å²) in [5.41, 5.74) is -1.54. The van der Waals surface area contributed by atoms with Crippen LogP contribution in [0.25, 0.3) is 0 Å². The van der Waals surface area contributed by atoms with Crippen molar-refractivity contribution in [1.29, 1.82) is 0 Å². The van der Waals surface area contributed by atoms with Crippen molar-refractivity contribution in [3.05, 3.63) is 29.6 Å². The number of rotatable bonds is 3. The Kier molecular flexibility index (Phi) is 3.14. The molecule has 1 aromatic rings. The molecule has 0 amide bonds. The summed E-state index contributed by atoms with van der Waals surface area (Å²) in [5.74, 6) is -2.37. The summed E-state index contributed by atoms with van der Waals surface area (Å²) in [6.07, 6.45) is 0.675. The number of nitrogens with zero attached hydrogens (tertiary/aromatic N) is 1. The van der Waals surface area contributed by atoms with Gasteiger partial charge in [-0.1, -0.05) is 0 Å². The van der Waals surface area contributed by atoms with Crippen LogP contribution in [0.3, 0.4) is 0 Å². The zero-order valence-electron chi connectivity index (χ0n) is 8.67. The summed E-state index contributed by atoms with van der Waals surface area (Å²) in [4.78, 5) is 14.8. The molecule has 0 saturated heterocycles. The van der Waals surface area contributed by atoms with E-state index in [1.165, 1.54) is 21.0 Å². The van der Waals surface area contributed by atoms with Gasteiger partial charge in [0, 0.05) is 13.2 Å². The van der Waals surface area contributed by atoms with Crippen LogP contribution in [-0.2, 0) is 4.74 Å². The number of ether oxygens (including phenoxy) is 1. The van der Waals surface area contributed by atoms with Crippen LogP contribution in [0, 0.1) is 11.8 Å². The fourth-order valence-electron chi connectivity index (χ4n) is 1.00. The molecule has 1 rings (SSSR count). The Morgan fingerprint density at radius 2 is 2.07 bits per heavy atom. The first-order valence-electron chi connectivity index (χ1n) is 4.29. The van der Waals surface area contributed by atoms with Gasteiger partial charge in [0.25, 0.3) is 0 Å². The molecule has 0 aromatic carbocycles. The molecule has 1 aromatic heterocycles. The van der Waals surface area contributed by atoms with Gasteiger partial charge in [0.1, 0.15) is 5.60 Å². The van der Waals surface area contributed by atoms with Crippen molar-refractivity contribution in [3.8, 4) is 0 Å². The predicted molar refractivity (Wildman–Crippen MR) is 49.6 cm³/mol. The molecule has 5 heteroatoms. The van der Waals surface area contributed by atoms with E-state index in [1.54, 1.807) is 0 Å². The van der Waals surface area contributed by atoms with Crippen molar-refractivity contribution in [1.82, 2.24) is 4.98 Å². The largest absolute Gasteiger partial charge is 0.371 e. The highest BCUT2D eigenvalue weighted by Crippen LogP contribution is 2.18. The van der Waals surface area contributed by atoms with Crippen LogP contribution in [-0.4, -0.2) is 23.5 Å². The van der Waals surface area contributed by atoms with E-state index in [-0.39, 0.29) is 5.56 Å². The second-order valence-corrected chi connectivity index (χ2v) is 3.53. The molecular formula is C10H11F2NO2. The maximum atomic E-state index is 13.2. The van der Waals surface area contributed by atoms with E-state index >= 15 is 0 Å². The average Bonchev–Trinajstić information content (AvgIpc) is 2.20. The van der Waals surface area contributed by atoms with Gasteiger partial charge in [0.2, 0.25) is 5.95 Å². The molecule has 3 nitrogen and oxygen atoms in total. The van der Waals surface area contributed by atoms with E-state index in [0.29, 0.717) is 6.20 Å². The molecule has 0 aliphatic heterocycles. The number of aromatic nitrogens is 1. The fourth-order valence-corrected chi connectivity index (χ4v) is 1.00. The topological polar surface area (TPSA) is 39.2 Å². The average molecular weight is 215 g/mol. The third kappa shape index (κ3) is 2.36. The highest BCUT2D eigenvalue weighted by Gasteiger charge is 2.30. The monoisotopic (exact) mass is 215 g/mol. The lowest BCUT2D eigenvalue weighted by molar-refractivity contribution is 0.0224. The first-order chi connectivity index (χ1) is 6.88. The van der Waals surface area contributed by atoms with Crippen LogP contribution in [0.15, 0.2) is 12.3 Å². The number of halogens is 2. The number of carbonyl (C=O) groups is 1. The van der Waals surface area contributed by atoms with Gasteiger partial charge in [-0.25, -0.2) is 9.37 Å². The lowest BCUT2D eigenvalue weighted by Gasteiger charge is -2.21. The fraction of sp³-hybridized carbons (Fsp3) is 0.400. The van der Waals surface area contributed by atoms with Crippen LogP contribution in [0.1, 0.15) is 24.2 Å². The summed E-state index contributed by atoms with van der Waals surface area (Å²) >= 11 is 0. The molecule has 82 valence electrons. The summed E-state index contributed by atoms with van der Waals surface area (Å²) < 4.78 is 30.8. The van der Waals surface area contributed by atoms with Crippen molar-refractivity contribution >= 4 is 5.78 Å². The molecular weight excluding hydrogens is 204 g/mol. The highest BCUT2D eigenvalue weighted by molar-refractivity contribution is 6.02. The van der Waals surface area contributed by atoms with Gasteiger partial charge in [0.05, 0.1) is 11.8 Å². The molecule has 1 heterocycles. The summed E-state index contributed by atoms with van der Waals surface area (Å²) in [6, 6.07) is 0.762. The van der Waals surface area contributed by atoms with Crippen LogP contribution >= 0.6 is 0 Å². The minimum absolute atomic E-state index is 0.352. The van der Waals surface area contributed by atoms with Gasteiger partial charge in [-0.2, -0.15) is 4.39 Å². The SMILES string of the molecule is COC(C)(C)C(=O)c1cc(F)ncc1F. The smallest absolute Gasteiger partial charge is 0.213 e. The van der Waals surface area contributed by atoms with Gasteiger partial charge in [0.15, 0.2) is 11.6 Å². The number of pyridine rings is 1. The lowest BCUT2D eigenvalue weighted by Crippen LogP contribution is -2.34. The predicted octanol–water partition coefficient (Wildman–Crippen LogP) is 1.97. The zero-order chi connectivity index (χ0) is 11.6. The Bertz CT molecular complexity index is 391.